The number of halogens is 1. The zero-order valence-electron chi connectivity index (χ0n) is 10.7. The fourth-order valence-electron chi connectivity index (χ4n) is 1.97. The Hall–Kier alpha value is -1.32. The van der Waals surface area contributed by atoms with Gasteiger partial charge >= 0.3 is 0 Å². The number of hydrogen-bond donors (Lipinski definition) is 1. The van der Waals surface area contributed by atoms with E-state index in [2.05, 4.69) is 36.4 Å². The van der Waals surface area contributed by atoms with Crippen molar-refractivity contribution in [3.63, 3.8) is 0 Å². The van der Waals surface area contributed by atoms with Crippen LogP contribution in [0.5, 0.6) is 0 Å². The summed E-state index contributed by atoms with van der Waals surface area (Å²) in [6, 6.07) is 8.54. The van der Waals surface area contributed by atoms with Gasteiger partial charge in [0.05, 0.1) is 16.9 Å². The maximum absolute atomic E-state index is 5.93. The summed E-state index contributed by atoms with van der Waals surface area (Å²) >= 11 is 5.93. The first kappa shape index (κ1) is 13.1. The predicted octanol–water partition coefficient (Wildman–Crippen LogP) is 3.59. The first-order valence-corrected chi connectivity index (χ1v) is 6.63. The monoisotopic (exact) mass is 263 g/mol. The molecule has 1 unspecified atom stereocenters. The van der Waals surface area contributed by atoms with E-state index in [9.17, 15) is 0 Å². The molecular weight excluding hydrogens is 246 g/mol. The summed E-state index contributed by atoms with van der Waals surface area (Å²) in [5.41, 5.74) is 2.30. The molecule has 2 rings (SSSR count). The van der Waals surface area contributed by atoms with Gasteiger partial charge in [0, 0.05) is 12.2 Å². The van der Waals surface area contributed by atoms with Crippen molar-refractivity contribution in [2.45, 2.75) is 26.3 Å². The highest BCUT2D eigenvalue weighted by Gasteiger charge is 2.11. The standard InChI is InChI=1S/C14H18ClN3/c1-3-8-16-11(2)13-6-4-5-7-14(13)18-10-12(15)9-17-18/h4-7,9-11,16H,3,8H2,1-2H3. The Bertz CT molecular complexity index is 507. The SMILES string of the molecule is CCCNC(C)c1ccccc1-n1cc(Cl)cn1. The van der Waals surface area contributed by atoms with Gasteiger partial charge in [-0.25, -0.2) is 4.68 Å². The third kappa shape index (κ3) is 2.92. The maximum atomic E-state index is 5.93. The minimum absolute atomic E-state index is 0.295. The lowest BCUT2D eigenvalue weighted by Gasteiger charge is -2.17. The molecule has 0 amide bonds. The number of benzene rings is 1. The van der Waals surface area contributed by atoms with Crippen molar-refractivity contribution in [3.05, 3.63) is 47.2 Å². The summed E-state index contributed by atoms with van der Waals surface area (Å²) in [6.45, 7) is 5.34. The van der Waals surface area contributed by atoms with Crippen molar-refractivity contribution < 1.29 is 0 Å². The number of nitrogens with zero attached hydrogens (tertiary/aromatic N) is 2. The average Bonchev–Trinajstić information content (AvgIpc) is 2.82. The second kappa shape index (κ2) is 6.03. The number of rotatable bonds is 5. The van der Waals surface area contributed by atoms with Crippen molar-refractivity contribution >= 4 is 11.6 Å². The van der Waals surface area contributed by atoms with Crippen molar-refractivity contribution in [3.8, 4) is 5.69 Å². The Kier molecular flexibility index (Phi) is 4.39. The molecule has 0 aliphatic rings. The molecule has 1 aromatic heterocycles. The van der Waals surface area contributed by atoms with Crippen LogP contribution in [0.1, 0.15) is 31.9 Å². The summed E-state index contributed by atoms with van der Waals surface area (Å²) in [5.74, 6) is 0. The van der Waals surface area contributed by atoms with Crippen molar-refractivity contribution in [2.24, 2.45) is 0 Å². The Balaban J connectivity index is 2.30. The van der Waals surface area contributed by atoms with Gasteiger partial charge in [-0.15, -0.1) is 0 Å². The fourth-order valence-corrected chi connectivity index (χ4v) is 2.10. The van der Waals surface area contributed by atoms with Crippen LogP contribution in [-0.2, 0) is 0 Å². The van der Waals surface area contributed by atoms with Gasteiger partial charge < -0.3 is 5.32 Å². The largest absolute Gasteiger partial charge is 0.310 e. The predicted molar refractivity (Wildman–Crippen MR) is 75.3 cm³/mol. The van der Waals surface area contributed by atoms with Gasteiger partial charge in [-0.05, 0) is 31.5 Å². The first-order valence-electron chi connectivity index (χ1n) is 6.25. The van der Waals surface area contributed by atoms with Gasteiger partial charge in [0.2, 0.25) is 0 Å². The van der Waals surface area contributed by atoms with Gasteiger partial charge in [0.25, 0.3) is 0 Å². The molecule has 4 heteroatoms. The lowest BCUT2D eigenvalue weighted by atomic mass is 10.1. The second-order valence-corrected chi connectivity index (χ2v) is 4.77. The van der Waals surface area contributed by atoms with Crippen molar-refractivity contribution in [2.75, 3.05) is 6.54 Å². The third-order valence-electron chi connectivity index (χ3n) is 2.90. The van der Waals surface area contributed by atoms with Gasteiger partial charge in [0.15, 0.2) is 0 Å². The smallest absolute Gasteiger partial charge is 0.0790 e. The molecule has 1 aromatic carbocycles. The summed E-state index contributed by atoms with van der Waals surface area (Å²) in [7, 11) is 0. The van der Waals surface area contributed by atoms with Crippen LogP contribution in [0.2, 0.25) is 5.02 Å². The van der Waals surface area contributed by atoms with E-state index in [0.29, 0.717) is 11.1 Å². The van der Waals surface area contributed by atoms with E-state index >= 15 is 0 Å². The number of hydrogen-bond acceptors (Lipinski definition) is 2. The average molecular weight is 264 g/mol. The van der Waals surface area contributed by atoms with Crippen LogP contribution in [0.3, 0.4) is 0 Å². The quantitative estimate of drug-likeness (QED) is 0.894. The van der Waals surface area contributed by atoms with Crippen LogP contribution in [0.25, 0.3) is 5.69 Å². The molecular formula is C14H18ClN3. The Morgan fingerprint density at radius 1 is 1.39 bits per heavy atom. The molecule has 18 heavy (non-hydrogen) atoms. The minimum Gasteiger partial charge on any atom is -0.310 e. The molecule has 1 heterocycles. The molecule has 0 spiro atoms. The van der Waals surface area contributed by atoms with Gasteiger partial charge in [-0.3, -0.25) is 0 Å². The van der Waals surface area contributed by atoms with Crippen molar-refractivity contribution in [1.82, 2.24) is 15.1 Å². The highest BCUT2D eigenvalue weighted by Crippen LogP contribution is 2.22. The molecule has 0 aliphatic carbocycles. The van der Waals surface area contributed by atoms with Crippen LogP contribution in [0.4, 0.5) is 0 Å². The van der Waals surface area contributed by atoms with Crippen LogP contribution in [0.15, 0.2) is 36.7 Å². The molecule has 3 nitrogen and oxygen atoms in total. The molecule has 0 radical (unpaired) electrons. The van der Waals surface area contributed by atoms with Crippen LogP contribution in [0, 0.1) is 0 Å². The lowest BCUT2D eigenvalue weighted by molar-refractivity contribution is 0.567. The Morgan fingerprint density at radius 2 is 2.17 bits per heavy atom. The lowest BCUT2D eigenvalue weighted by Crippen LogP contribution is -2.20. The summed E-state index contributed by atoms with van der Waals surface area (Å²) < 4.78 is 1.82. The van der Waals surface area contributed by atoms with Crippen molar-refractivity contribution in [1.29, 1.82) is 0 Å². The molecule has 0 fully saturated rings. The van der Waals surface area contributed by atoms with Crippen LogP contribution < -0.4 is 5.32 Å². The highest BCUT2D eigenvalue weighted by atomic mass is 35.5. The second-order valence-electron chi connectivity index (χ2n) is 4.34. The minimum atomic E-state index is 0.295. The summed E-state index contributed by atoms with van der Waals surface area (Å²) in [4.78, 5) is 0. The zero-order chi connectivity index (χ0) is 13.0. The van der Waals surface area contributed by atoms with E-state index in [0.717, 1.165) is 18.7 Å². The molecule has 2 aromatic rings. The van der Waals surface area contributed by atoms with E-state index in [1.54, 1.807) is 6.20 Å². The van der Waals surface area contributed by atoms with Gasteiger partial charge in [-0.2, -0.15) is 5.10 Å². The van der Waals surface area contributed by atoms with Crippen LogP contribution in [-0.4, -0.2) is 16.3 Å². The normalized spacial score (nSPS) is 12.6. The number of nitrogens with one attached hydrogen (secondary N) is 1. The van der Waals surface area contributed by atoms with Gasteiger partial charge in [0.1, 0.15) is 0 Å². The summed E-state index contributed by atoms with van der Waals surface area (Å²) in [5, 5.41) is 8.41. The van der Waals surface area contributed by atoms with Gasteiger partial charge in [-0.1, -0.05) is 36.7 Å². The molecule has 1 atom stereocenters. The van der Waals surface area contributed by atoms with E-state index in [1.807, 2.05) is 23.0 Å². The Labute approximate surface area is 113 Å². The maximum Gasteiger partial charge on any atom is 0.0790 e. The Morgan fingerprint density at radius 3 is 2.83 bits per heavy atom. The molecule has 0 saturated carbocycles. The summed E-state index contributed by atoms with van der Waals surface area (Å²) in [6.07, 6.45) is 4.61. The highest BCUT2D eigenvalue weighted by molar-refractivity contribution is 6.30. The topological polar surface area (TPSA) is 29.9 Å². The first-order chi connectivity index (χ1) is 8.72. The molecule has 0 aliphatic heterocycles. The van der Waals surface area contributed by atoms with E-state index in [-0.39, 0.29) is 0 Å². The number of aromatic nitrogens is 2. The van der Waals surface area contributed by atoms with E-state index in [4.69, 9.17) is 11.6 Å². The zero-order valence-corrected chi connectivity index (χ0v) is 11.5. The third-order valence-corrected chi connectivity index (χ3v) is 3.10. The van der Waals surface area contributed by atoms with E-state index < -0.39 is 0 Å². The van der Waals surface area contributed by atoms with Crippen LogP contribution >= 0.6 is 11.6 Å². The molecule has 0 saturated heterocycles. The fraction of sp³-hybridized carbons (Fsp3) is 0.357. The number of para-hydroxylation sites is 1. The molecule has 96 valence electrons. The molecule has 0 bridgehead atoms. The van der Waals surface area contributed by atoms with E-state index in [1.165, 1.54) is 5.56 Å². The molecule has 1 N–H and O–H groups in total.